The van der Waals surface area contributed by atoms with E-state index in [1.807, 2.05) is 55.5 Å². The molecule has 0 amide bonds. The van der Waals surface area contributed by atoms with E-state index in [1.54, 1.807) is 7.11 Å². The number of hydrogen-bond acceptors (Lipinski definition) is 6. The van der Waals surface area contributed by atoms with Gasteiger partial charge in [0.25, 0.3) is 5.56 Å². The van der Waals surface area contributed by atoms with Crippen molar-refractivity contribution in [1.82, 2.24) is 19.9 Å². The lowest BCUT2D eigenvalue weighted by molar-refractivity contribution is 0.419. The number of anilines is 2. The maximum Gasteiger partial charge on any atom is 0.252 e. The van der Waals surface area contributed by atoms with Crippen molar-refractivity contribution in [3.63, 3.8) is 0 Å². The van der Waals surface area contributed by atoms with Crippen molar-refractivity contribution in [2.75, 3.05) is 12.4 Å². The van der Waals surface area contributed by atoms with E-state index >= 15 is 0 Å². The minimum Gasteiger partial charge on any atom is -0.494 e. The summed E-state index contributed by atoms with van der Waals surface area (Å²) in [4.78, 5) is 28.2. The molecule has 0 radical (unpaired) electrons. The summed E-state index contributed by atoms with van der Waals surface area (Å²) in [6.45, 7) is 1.89. The van der Waals surface area contributed by atoms with Crippen molar-refractivity contribution in [2.24, 2.45) is 0 Å². The van der Waals surface area contributed by atoms with E-state index in [0.717, 1.165) is 16.6 Å². The number of aromatic amines is 1. The number of benzene rings is 2. The number of aryl methyl sites for hydroxylation is 1. The number of fused-ring (bicyclic) bond motifs is 1. The second-order valence-electron chi connectivity index (χ2n) is 5.96. The van der Waals surface area contributed by atoms with E-state index in [9.17, 15) is 4.79 Å². The third-order valence-electron chi connectivity index (χ3n) is 4.14. The van der Waals surface area contributed by atoms with Gasteiger partial charge in [0.2, 0.25) is 11.9 Å². The Kier molecular flexibility index (Phi) is 4.25. The van der Waals surface area contributed by atoms with Gasteiger partial charge in [-0.3, -0.25) is 15.1 Å². The summed E-state index contributed by atoms with van der Waals surface area (Å²) < 4.78 is 5.39. The first kappa shape index (κ1) is 16.7. The van der Waals surface area contributed by atoms with Crippen LogP contribution in [-0.2, 0) is 0 Å². The number of nitrogens with one attached hydrogen (secondary N) is 2. The Morgan fingerprint density at radius 3 is 2.59 bits per heavy atom. The first-order valence-corrected chi connectivity index (χ1v) is 8.39. The van der Waals surface area contributed by atoms with Gasteiger partial charge >= 0.3 is 0 Å². The monoisotopic (exact) mass is 359 g/mol. The molecule has 2 N–H and O–H groups in total. The minimum atomic E-state index is -0.263. The van der Waals surface area contributed by atoms with Crippen molar-refractivity contribution >= 4 is 22.8 Å². The van der Waals surface area contributed by atoms with Crippen LogP contribution in [0.1, 0.15) is 5.69 Å². The number of para-hydroxylation sites is 1. The molecule has 134 valence electrons. The van der Waals surface area contributed by atoms with E-state index in [2.05, 4.69) is 25.3 Å². The number of nitrogens with zero attached hydrogens (tertiary/aromatic N) is 3. The molecule has 7 nitrogen and oxygen atoms in total. The van der Waals surface area contributed by atoms with Crippen LogP contribution >= 0.6 is 0 Å². The summed E-state index contributed by atoms with van der Waals surface area (Å²) in [5.74, 6) is 1.26. The highest BCUT2D eigenvalue weighted by molar-refractivity contribution is 5.87. The van der Waals surface area contributed by atoms with Crippen LogP contribution in [0.4, 0.5) is 11.9 Å². The number of ether oxygens (including phenoxy) is 1. The summed E-state index contributed by atoms with van der Waals surface area (Å²) in [7, 11) is 1.60. The SMILES string of the molecule is COc1cccc2c(C)nc(Nc3nc(-c4ccccc4)cc(=O)[nH]3)nc12. The standard InChI is InChI=1S/C20H17N5O2/c1-12-14-9-6-10-16(27-2)18(14)24-19(21-12)25-20-22-15(11-17(26)23-20)13-7-4-3-5-8-13/h3-11H,1-2H3,(H2,21,22,23,24,25,26). The summed E-state index contributed by atoms with van der Waals surface area (Å²) in [5, 5.41) is 3.90. The summed E-state index contributed by atoms with van der Waals surface area (Å²) in [6.07, 6.45) is 0. The Bertz CT molecular complexity index is 1170. The van der Waals surface area contributed by atoms with Gasteiger partial charge in [0.05, 0.1) is 18.5 Å². The van der Waals surface area contributed by atoms with Crippen LogP contribution < -0.4 is 15.6 Å². The van der Waals surface area contributed by atoms with Gasteiger partial charge in [-0.25, -0.2) is 15.0 Å². The van der Waals surface area contributed by atoms with Gasteiger partial charge in [-0.15, -0.1) is 0 Å². The van der Waals surface area contributed by atoms with E-state index in [-0.39, 0.29) is 11.5 Å². The molecule has 0 aliphatic heterocycles. The van der Waals surface area contributed by atoms with Crippen molar-refractivity contribution in [1.29, 1.82) is 0 Å². The number of H-pyrrole nitrogens is 1. The number of hydrogen-bond donors (Lipinski definition) is 2. The van der Waals surface area contributed by atoms with Gasteiger partial charge in [-0.05, 0) is 13.0 Å². The molecule has 4 rings (SSSR count). The fourth-order valence-electron chi connectivity index (χ4n) is 2.88. The third kappa shape index (κ3) is 3.35. The van der Waals surface area contributed by atoms with Crippen LogP contribution in [0.25, 0.3) is 22.2 Å². The summed E-state index contributed by atoms with van der Waals surface area (Å²) in [5.41, 5.74) is 2.64. The van der Waals surface area contributed by atoms with Crippen molar-refractivity contribution in [3.8, 4) is 17.0 Å². The van der Waals surface area contributed by atoms with Crippen LogP contribution in [0.2, 0.25) is 0 Å². The molecule has 0 atom stereocenters. The van der Waals surface area contributed by atoms with E-state index in [1.165, 1.54) is 6.07 Å². The average molecular weight is 359 g/mol. The fraction of sp³-hybridized carbons (Fsp3) is 0.100. The van der Waals surface area contributed by atoms with Crippen LogP contribution in [0, 0.1) is 6.92 Å². The van der Waals surface area contributed by atoms with E-state index < -0.39 is 0 Å². The molecule has 0 fully saturated rings. The molecule has 2 heterocycles. The second kappa shape index (κ2) is 6.87. The maximum atomic E-state index is 12.1. The number of methoxy groups -OCH3 is 1. The molecule has 0 bridgehead atoms. The van der Waals surface area contributed by atoms with Gasteiger partial charge in [-0.1, -0.05) is 42.5 Å². The zero-order valence-corrected chi connectivity index (χ0v) is 14.9. The number of aromatic nitrogens is 4. The van der Waals surface area contributed by atoms with Gasteiger partial charge < -0.3 is 4.74 Å². The molecule has 2 aromatic heterocycles. The normalized spacial score (nSPS) is 10.7. The largest absolute Gasteiger partial charge is 0.494 e. The highest BCUT2D eigenvalue weighted by Crippen LogP contribution is 2.26. The fourth-order valence-corrected chi connectivity index (χ4v) is 2.88. The highest BCUT2D eigenvalue weighted by atomic mass is 16.5. The molecular weight excluding hydrogens is 342 g/mol. The van der Waals surface area contributed by atoms with Gasteiger partial charge in [0.15, 0.2) is 0 Å². The van der Waals surface area contributed by atoms with Crippen molar-refractivity contribution in [3.05, 3.63) is 70.6 Å². The topological polar surface area (TPSA) is 92.8 Å². The van der Waals surface area contributed by atoms with E-state index in [4.69, 9.17) is 4.74 Å². The zero-order chi connectivity index (χ0) is 18.8. The molecular formula is C20H17N5O2. The first-order chi connectivity index (χ1) is 13.1. The molecule has 0 spiro atoms. The molecule has 4 aromatic rings. The van der Waals surface area contributed by atoms with Crippen LogP contribution in [-0.4, -0.2) is 27.0 Å². The minimum absolute atomic E-state index is 0.263. The smallest absolute Gasteiger partial charge is 0.252 e. The number of rotatable bonds is 4. The molecule has 7 heteroatoms. The molecule has 0 aliphatic carbocycles. The van der Waals surface area contributed by atoms with Crippen LogP contribution in [0.3, 0.4) is 0 Å². The van der Waals surface area contributed by atoms with Crippen molar-refractivity contribution < 1.29 is 4.74 Å². The molecule has 27 heavy (non-hydrogen) atoms. The predicted octanol–water partition coefficient (Wildman–Crippen LogP) is 3.44. The Morgan fingerprint density at radius 1 is 1.00 bits per heavy atom. The van der Waals surface area contributed by atoms with Crippen LogP contribution in [0.5, 0.6) is 5.75 Å². The molecule has 0 aliphatic rings. The summed E-state index contributed by atoms with van der Waals surface area (Å²) in [6, 6.07) is 16.6. The van der Waals surface area contributed by atoms with Gasteiger partial charge in [0, 0.05) is 17.0 Å². The average Bonchev–Trinajstić information content (AvgIpc) is 2.68. The Balaban J connectivity index is 1.76. The van der Waals surface area contributed by atoms with Crippen LogP contribution in [0.15, 0.2) is 59.4 Å². The van der Waals surface area contributed by atoms with Crippen molar-refractivity contribution in [2.45, 2.75) is 6.92 Å². The van der Waals surface area contributed by atoms with Gasteiger partial charge in [0.1, 0.15) is 11.3 Å². The third-order valence-corrected chi connectivity index (χ3v) is 4.14. The lowest BCUT2D eigenvalue weighted by Gasteiger charge is -2.10. The molecule has 0 unspecified atom stereocenters. The predicted molar refractivity (Wildman–Crippen MR) is 104 cm³/mol. The quantitative estimate of drug-likeness (QED) is 0.580. The Morgan fingerprint density at radius 2 is 1.81 bits per heavy atom. The van der Waals surface area contributed by atoms with Gasteiger partial charge in [-0.2, -0.15) is 0 Å². The lowest BCUT2D eigenvalue weighted by Crippen LogP contribution is -2.12. The zero-order valence-electron chi connectivity index (χ0n) is 14.9. The Hall–Kier alpha value is -3.74. The lowest BCUT2D eigenvalue weighted by atomic mass is 10.1. The van der Waals surface area contributed by atoms with E-state index in [0.29, 0.717) is 22.9 Å². The maximum absolute atomic E-state index is 12.1. The molecule has 2 aromatic carbocycles. The molecule has 0 saturated heterocycles. The molecule has 0 saturated carbocycles. The summed E-state index contributed by atoms with van der Waals surface area (Å²) >= 11 is 0. The first-order valence-electron chi connectivity index (χ1n) is 8.39. The second-order valence-corrected chi connectivity index (χ2v) is 5.96. The highest BCUT2D eigenvalue weighted by Gasteiger charge is 2.11. The Labute approximate surface area is 155 Å².